The van der Waals surface area contributed by atoms with Gasteiger partial charge in [0.1, 0.15) is 11.5 Å². The van der Waals surface area contributed by atoms with Gasteiger partial charge < -0.3 is 15.4 Å². The first-order valence-electron chi connectivity index (χ1n) is 10.7. The van der Waals surface area contributed by atoms with Gasteiger partial charge in [0.05, 0.1) is 42.2 Å². The number of alkyl halides is 3. The van der Waals surface area contributed by atoms with Gasteiger partial charge in [-0.15, -0.1) is 0 Å². The van der Waals surface area contributed by atoms with E-state index in [0.29, 0.717) is 36.1 Å². The molecule has 172 valence electrons. The van der Waals surface area contributed by atoms with Gasteiger partial charge in [-0.05, 0) is 49.4 Å². The number of fused-ring (bicyclic) bond motifs is 3. The molecule has 3 aromatic rings. The summed E-state index contributed by atoms with van der Waals surface area (Å²) in [6.07, 6.45) is -0.287. The number of aromatic nitrogens is 3. The number of nitrogens with zero attached hydrogens (tertiary/aromatic N) is 4. The van der Waals surface area contributed by atoms with Crippen LogP contribution in [-0.2, 0) is 24.1 Å². The van der Waals surface area contributed by atoms with Crippen molar-refractivity contribution in [1.29, 1.82) is 0 Å². The summed E-state index contributed by atoms with van der Waals surface area (Å²) in [5.74, 6) is 0.471. The Balaban J connectivity index is 1.45. The Bertz CT molecular complexity index is 1230. The van der Waals surface area contributed by atoms with Crippen LogP contribution in [0.1, 0.15) is 58.7 Å². The molecule has 2 N–H and O–H groups in total. The van der Waals surface area contributed by atoms with Gasteiger partial charge in [0.15, 0.2) is 0 Å². The molecule has 1 fully saturated rings. The van der Waals surface area contributed by atoms with Gasteiger partial charge in [-0.3, -0.25) is 9.78 Å². The average molecular weight is 457 g/mol. The highest BCUT2D eigenvalue weighted by Gasteiger charge is 2.32. The highest BCUT2D eigenvalue weighted by atomic mass is 19.4. The molecule has 3 aromatic heterocycles. The molecule has 33 heavy (non-hydrogen) atoms. The summed E-state index contributed by atoms with van der Waals surface area (Å²) in [6, 6.07) is 3.99. The predicted molar refractivity (Wildman–Crippen MR) is 114 cm³/mol. The van der Waals surface area contributed by atoms with E-state index in [0.717, 1.165) is 41.6 Å². The van der Waals surface area contributed by atoms with Crippen LogP contribution in [0.3, 0.4) is 0 Å². The number of nitrogen functional groups attached to an aromatic ring is 1. The molecule has 0 unspecified atom stereocenters. The summed E-state index contributed by atoms with van der Waals surface area (Å²) >= 11 is 0. The molecular weight excluding hydrogens is 435 g/mol. The lowest BCUT2D eigenvalue weighted by Gasteiger charge is -2.22. The van der Waals surface area contributed by atoms with E-state index < -0.39 is 11.7 Å². The summed E-state index contributed by atoms with van der Waals surface area (Å²) in [4.78, 5) is 27.6. The van der Waals surface area contributed by atoms with Gasteiger partial charge in [0.25, 0.3) is 5.91 Å². The lowest BCUT2D eigenvalue weighted by Crippen LogP contribution is -2.33. The Morgan fingerprint density at radius 2 is 2.03 bits per heavy atom. The number of ether oxygens (including phenoxy) is 1. The molecule has 0 saturated heterocycles. The average Bonchev–Trinajstić information content (AvgIpc) is 3.51. The van der Waals surface area contributed by atoms with Crippen LogP contribution in [0.4, 0.5) is 19.0 Å². The first-order chi connectivity index (χ1) is 15.7. The largest absolute Gasteiger partial charge is 0.417 e. The fraction of sp³-hybridized carbons (Fsp3) is 0.391. The molecule has 0 bridgehead atoms. The molecule has 5 rings (SSSR count). The van der Waals surface area contributed by atoms with E-state index in [1.165, 1.54) is 12.3 Å². The molecule has 0 aromatic carbocycles. The van der Waals surface area contributed by atoms with E-state index in [4.69, 9.17) is 10.5 Å². The summed E-state index contributed by atoms with van der Waals surface area (Å²) in [5, 5.41) is 0.765. The summed E-state index contributed by atoms with van der Waals surface area (Å²) < 4.78 is 44.3. The third-order valence-corrected chi connectivity index (χ3v) is 6.12. The summed E-state index contributed by atoms with van der Waals surface area (Å²) in [6.45, 7) is 2.88. The molecule has 0 radical (unpaired) electrons. The molecule has 2 aliphatic rings. The molecule has 0 spiro atoms. The number of rotatable bonds is 5. The maximum Gasteiger partial charge on any atom is 0.417 e. The summed E-state index contributed by atoms with van der Waals surface area (Å²) in [7, 11) is 0. The minimum absolute atomic E-state index is 0.103. The van der Waals surface area contributed by atoms with Crippen LogP contribution in [0.2, 0.25) is 0 Å². The number of hydrogen-bond donors (Lipinski definition) is 1. The summed E-state index contributed by atoms with van der Waals surface area (Å²) in [5.41, 5.74) is 8.21. The van der Waals surface area contributed by atoms with Gasteiger partial charge in [-0.2, -0.15) is 13.2 Å². The van der Waals surface area contributed by atoms with E-state index in [1.54, 1.807) is 11.0 Å². The number of amides is 1. The normalized spacial score (nSPS) is 17.9. The standard InChI is InChI=1S/C23H22F3N5O2/c1-12-20-17(11-33-12)16-6-18(29-8-19(16)30-21(20)27)22(32)31(9-13-2-3-13)10-15-5-4-14(7-28-15)23(24,25)26/h4-8,12-13H,2-3,9-11H2,1H3,(H2,27,30)/t12-/m1/s1. The SMILES string of the molecule is C[C@H]1OCc2c1c(N)nc1cnc(C(=O)N(Cc3ccc(C(F)(F)F)cn3)CC3CC3)cc21. The van der Waals surface area contributed by atoms with E-state index in [9.17, 15) is 18.0 Å². The molecule has 1 amide bonds. The van der Waals surface area contributed by atoms with Crippen molar-refractivity contribution in [1.82, 2.24) is 19.9 Å². The predicted octanol–water partition coefficient (Wildman–Crippen LogP) is 4.27. The number of hydrogen-bond acceptors (Lipinski definition) is 6. The third kappa shape index (κ3) is 4.22. The number of pyridine rings is 3. The zero-order chi connectivity index (χ0) is 23.3. The molecular formula is C23H22F3N5O2. The molecule has 1 saturated carbocycles. The third-order valence-electron chi connectivity index (χ3n) is 6.12. The van der Waals surface area contributed by atoms with Gasteiger partial charge in [0.2, 0.25) is 0 Å². The van der Waals surface area contributed by atoms with Crippen molar-refractivity contribution in [2.45, 2.75) is 45.2 Å². The number of anilines is 1. The monoisotopic (exact) mass is 457 g/mol. The molecule has 1 aliphatic heterocycles. The lowest BCUT2D eigenvalue weighted by atomic mass is 10.0. The first-order valence-corrected chi connectivity index (χ1v) is 10.7. The van der Waals surface area contributed by atoms with Crippen LogP contribution in [0.15, 0.2) is 30.6 Å². The fourth-order valence-corrected chi connectivity index (χ4v) is 4.16. The van der Waals surface area contributed by atoms with Crippen LogP contribution < -0.4 is 5.73 Å². The smallest absolute Gasteiger partial charge is 0.383 e. The molecule has 4 heterocycles. The van der Waals surface area contributed by atoms with Crippen LogP contribution in [0.5, 0.6) is 0 Å². The molecule has 7 nitrogen and oxygen atoms in total. The topological polar surface area (TPSA) is 94.2 Å². The lowest BCUT2D eigenvalue weighted by molar-refractivity contribution is -0.137. The second-order valence-electron chi connectivity index (χ2n) is 8.59. The second-order valence-corrected chi connectivity index (χ2v) is 8.59. The van der Waals surface area contributed by atoms with E-state index >= 15 is 0 Å². The van der Waals surface area contributed by atoms with Crippen LogP contribution >= 0.6 is 0 Å². The molecule has 1 aliphatic carbocycles. The van der Waals surface area contributed by atoms with E-state index in [-0.39, 0.29) is 24.2 Å². The van der Waals surface area contributed by atoms with Crippen molar-refractivity contribution < 1.29 is 22.7 Å². The van der Waals surface area contributed by atoms with Crippen molar-refractivity contribution in [2.24, 2.45) is 5.92 Å². The Hall–Kier alpha value is -3.27. The highest BCUT2D eigenvalue weighted by Crippen LogP contribution is 2.38. The van der Waals surface area contributed by atoms with Crippen molar-refractivity contribution in [3.8, 4) is 0 Å². The molecule has 1 atom stereocenters. The Morgan fingerprint density at radius 3 is 2.70 bits per heavy atom. The van der Waals surface area contributed by atoms with E-state index in [2.05, 4.69) is 15.0 Å². The maximum atomic E-state index is 13.4. The highest BCUT2D eigenvalue weighted by molar-refractivity contribution is 5.97. The fourth-order valence-electron chi connectivity index (χ4n) is 4.16. The second kappa shape index (κ2) is 7.95. The first kappa shape index (κ1) is 21.6. The van der Waals surface area contributed by atoms with Crippen molar-refractivity contribution in [3.05, 3.63) is 58.7 Å². The van der Waals surface area contributed by atoms with Gasteiger partial charge in [-0.25, -0.2) is 9.97 Å². The van der Waals surface area contributed by atoms with Gasteiger partial charge >= 0.3 is 6.18 Å². The minimum atomic E-state index is -4.46. The van der Waals surface area contributed by atoms with Crippen molar-refractivity contribution in [3.63, 3.8) is 0 Å². The number of carbonyl (C=O) groups is 1. The van der Waals surface area contributed by atoms with Crippen LogP contribution in [0.25, 0.3) is 10.9 Å². The maximum absolute atomic E-state index is 13.4. The van der Waals surface area contributed by atoms with Crippen LogP contribution in [0, 0.1) is 5.92 Å². The Morgan fingerprint density at radius 1 is 1.24 bits per heavy atom. The Kier molecular flexibility index (Phi) is 5.19. The zero-order valence-electron chi connectivity index (χ0n) is 17.9. The van der Waals surface area contributed by atoms with Gasteiger partial charge in [0, 0.05) is 23.7 Å². The van der Waals surface area contributed by atoms with Crippen molar-refractivity contribution in [2.75, 3.05) is 12.3 Å². The quantitative estimate of drug-likeness (QED) is 0.615. The van der Waals surface area contributed by atoms with Crippen LogP contribution in [-0.4, -0.2) is 32.3 Å². The number of halogens is 3. The Labute approximate surface area is 187 Å². The van der Waals surface area contributed by atoms with E-state index in [1.807, 2.05) is 6.92 Å². The number of carbonyl (C=O) groups excluding carboxylic acids is 1. The van der Waals surface area contributed by atoms with Gasteiger partial charge in [-0.1, -0.05) is 0 Å². The number of nitrogens with two attached hydrogens (primary N) is 1. The minimum Gasteiger partial charge on any atom is -0.383 e. The van der Waals surface area contributed by atoms with Crippen molar-refractivity contribution >= 4 is 22.6 Å². The molecule has 10 heteroatoms. The zero-order valence-corrected chi connectivity index (χ0v) is 17.9.